The number of amides is 1. The van der Waals surface area contributed by atoms with E-state index in [0.717, 1.165) is 5.56 Å². The van der Waals surface area contributed by atoms with Crippen molar-refractivity contribution >= 4 is 17.2 Å². The summed E-state index contributed by atoms with van der Waals surface area (Å²) in [5.41, 5.74) is 3.16. The zero-order valence-corrected chi connectivity index (χ0v) is 17.2. The Labute approximate surface area is 182 Å². The van der Waals surface area contributed by atoms with Crippen molar-refractivity contribution in [3.05, 3.63) is 41.5 Å². The number of halogens is 6. The number of pyridine rings is 1. The normalized spacial score (nSPS) is 12.9. The minimum absolute atomic E-state index is 0.0790. The molecule has 8 nitrogen and oxygen atoms in total. The number of nitrogens with two attached hydrogens (primary N) is 1. The van der Waals surface area contributed by atoms with Crippen LogP contribution in [0.4, 0.5) is 32.2 Å². The molecule has 0 unspecified atom stereocenters. The van der Waals surface area contributed by atoms with Crippen LogP contribution in [0, 0.1) is 13.8 Å². The van der Waals surface area contributed by atoms with Crippen molar-refractivity contribution in [2.45, 2.75) is 38.2 Å². The Morgan fingerprint density at radius 3 is 2.36 bits per heavy atom. The molecule has 0 saturated heterocycles. The van der Waals surface area contributed by atoms with E-state index < -0.39 is 36.8 Å². The maximum absolute atomic E-state index is 12.8. The first-order valence-electron chi connectivity index (χ1n) is 9.37. The Kier molecular flexibility index (Phi) is 6.00. The third kappa shape index (κ3) is 4.29. The van der Waals surface area contributed by atoms with Gasteiger partial charge < -0.3 is 16.2 Å². The van der Waals surface area contributed by atoms with Crippen LogP contribution in [0.3, 0.4) is 0 Å². The summed E-state index contributed by atoms with van der Waals surface area (Å²) in [6.07, 6.45) is -11.1. The topological polar surface area (TPSA) is 118 Å². The molecule has 33 heavy (non-hydrogen) atoms. The third-order valence-corrected chi connectivity index (χ3v) is 5.11. The van der Waals surface area contributed by atoms with Gasteiger partial charge in [-0.25, -0.2) is 9.50 Å². The Morgan fingerprint density at radius 1 is 1.12 bits per heavy atom. The molecular weight excluding hydrogens is 458 g/mol. The second kappa shape index (κ2) is 8.17. The number of nitrogen functional groups attached to an aromatic ring is 1. The summed E-state index contributed by atoms with van der Waals surface area (Å²) in [5.74, 6) is -0.742. The molecule has 0 bridgehead atoms. The number of carbonyl (C=O) groups is 1. The van der Waals surface area contributed by atoms with Crippen LogP contribution in [0.2, 0.25) is 0 Å². The van der Waals surface area contributed by atoms with Crippen LogP contribution in [0.15, 0.2) is 24.7 Å². The first kappa shape index (κ1) is 24.2. The van der Waals surface area contributed by atoms with E-state index in [2.05, 4.69) is 15.1 Å². The second-order valence-electron chi connectivity index (χ2n) is 7.34. The summed E-state index contributed by atoms with van der Waals surface area (Å²) in [4.78, 5) is 20.5. The van der Waals surface area contributed by atoms with Gasteiger partial charge in [-0.3, -0.25) is 9.78 Å². The standard InChI is InChI=1S/C19H18F6N6O2/c1-9-5-13(31-14(9)15(26)29-8-30-31)11-6-12(10(2)28-7-11)16(32)27-4-3-17(33,18(20,21)22)19(23,24)25/h5-8,33H,3-4H2,1-2H3,(H,27,32)(H2,26,29,30). The van der Waals surface area contributed by atoms with Crippen molar-refractivity contribution in [1.29, 1.82) is 0 Å². The summed E-state index contributed by atoms with van der Waals surface area (Å²) in [7, 11) is 0. The fraction of sp³-hybridized carbons (Fsp3) is 0.368. The maximum atomic E-state index is 12.8. The van der Waals surface area contributed by atoms with Gasteiger partial charge in [0, 0.05) is 24.7 Å². The molecule has 0 radical (unpaired) electrons. The van der Waals surface area contributed by atoms with E-state index in [1.807, 2.05) is 5.32 Å². The van der Waals surface area contributed by atoms with Gasteiger partial charge in [-0.05, 0) is 31.5 Å². The molecule has 0 fully saturated rings. The molecule has 3 heterocycles. The SMILES string of the molecule is Cc1ncc(-c2cc(C)c3c(N)ncnn23)cc1C(=O)NCCC(O)(C(F)(F)F)C(F)(F)F. The second-order valence-corrected chi connectivity index (χ2v) is 7.34. The van der Waals surface area contributed by atoms with Crippen LogP contribution in [-0.4, -0.2) is 55.1 Å². The number of aliphatic hydroxyl groups is 1. The molecule has 0 atom stereocenters. The lowest BCUT2D eigenvalue weighted by Crippen LogP contribution is -2.58. The lowest BCUT2D eigenvalue weighted by atomic mass is 9.98. The molecule has 1 amide bonds. The summed E-state index contributed by atoms with van der Waals surface area (Å²) in [6.45, 7) is 2.12. The van der Waals surface area contributed by atoms with E-state index in [4.69, 9.17) is 5.73 Å². The van der Waals surface area contributed by atoms with Gasteiger partial charge in [0.2, 0.25) is 0 Å². The van der Waals surface area contributed by atoms with Gasteiger partial charge in [0.1, 0.15) is 11.8 Å². The average Bonchev–Trinajstić information content (AvgIpc) is 3.04. The van der Waals surface area contributed by atoms with Gasteiger partial charge >= 0.3 is 12.4 Å². The number of hydrogen-bond donors (Lipinski definition) is 3. The number of fused-ring (bicyclic) bond motifs is 1. The van der Waals surface area contributed by atoms with Gasteiger partial charge in [-0.15, -0.1) is 0 Å². The highest BCUT2D eigenvalue weighted by atomic mass is 19.4. The quantitative estimate of drug-likeness (QED) is 0.488. The highest BCUT2D eigenvalue weighted by Crippen LogP contribution is 2.45. The molecule has 3 rings (SSSR count). The largest absolute Gasteiger partial charge is 0.426 e. The Morgan fingerprint density at radius 2 is 1.76 bits per heavy atom. The molecule has 3 aromatic rings. The number of rotatable bonds is 5. The van der Waals surface area contributed by atoms with Crippen LogP contribution >= 0.6 is 0 Å². The van der Waals surface area contributed by atoms with E-state index in [-0.39, 0.29) is 17.1 Å². The summed E-state index contributed by atoms with van der Waals surface area (Å²) in [5, 5.41) is 15.3. The minimum atomic E-state index is -5.97. The number of carbonyl (C=O) groups excluding carboxylic acids is 1. The summed E-state index contributed by atoms with van der Waals surface area (Å²) >= 11 is 0. The first-order chi connectivity index (χ1) is 15.2. The van der Waals surface area contributed by atoms with Gasteiger partial charge in [0.05, 0.1) is 17.0 Å². The maximum Gasteiger partial charge on any atom is 0.426 e. The first-order valence-corrected chi connectivity index (χ1v) is 9.37. The van der Waals surface area contributed by atoms with Crippen molar-refractivity contribution in [2.24, 2.45) is 0 Å². The Balaban J connectivity index is 1.86. The van der Waals surface area contributed by atoms with Gasteiger partial charge in [-0.1, -0.05) is 0 Å². The number of hydrogen-bond acceptors (Lipinski definition) is 6. The van der Waals surface area contributed by atoms with Crippen molar-refractivity contribution in [3.63, 3.8) is 0 Å². The van der Waals surface area contributed by atoms with Crippen LogP contribution in [0.25, 0.3) is 16.8 Å². The van der Waals surface area contributed by atoms with E-state index in [1.54, 1.807) is 13.0 Å². The number of aromatic nitrogens is 4. The molecule has 178 valence electrons. The molecule has 0 aliphatic rings. The molecule has 4 N–H and O–H groups in total. The highest BCUT2D eigenvalue weighted by Gasteiger charge is 2.69. The molecule has 0 aliphatic heterocycles. The Bertz CT molecular complexity index is 1190. The summed E-state index contributed by atoms with van der Waals surface area (Å²) < 4.78 is 78.2. The van der Waals surface area contributed by atoms with Crippen LogP contribution < -0.4 is 11.1 Å². The van der Waals surface area contributed by atoms with E-state index in [0.29, 0.717) is 16.8 Å². The predicted octanol–water partition coefficient (Wildman–Crippen LogP) is 2.97. The minimum Gasteiger partial charge on any atom is -0.382 e. The van der Waals surface area contributed by atoms with Gasteiger partial charge in [0.15, 0.2) is 5.82 Å². The van der Waals surface area contributed by atoms with Crippen molar-refractivity contribution < 1.29 is 36.2 Å². The third-order valence-electron chi connectivity index (χ3n) is 5.11. The molecule has 3 aromatic heterocycles. The average molecular weight is 476 g/mol. The molecule has 0 aliphatic carbocycles. The summed E-state index contributed by atoms with van der Waals surface area (Å²) in [6, 6.07) is 3.08. The lowest BCUT2D eigenvalue weighted by Gasteiger charge is -2.32. The Hall–Kier alpha value is -3.42. The van der Waals surface area contributed by atoms with E-state index >= 15 is 0 Å². The van der Waals surface area contributed by atoms with E-state index in [9.17, 15) is 36.2 Å². The monoisotopic (exact) mass is 476 g/mol. The zero-order chi connectivity index (χ0) is 24.8. The highest BCUT2D eigenvalue weighted by molar-refractivity contribution is 5.96. The lowest BCUT2D eigenvalue weighted by molar-refractivity contribution is -0.369. The van der Waals surface area contributed by atoms with Crippen LogP contribution in [-0.2, 0) is 0 Å². The van der Waals surface area contributed by atoms with Gasteiger partial charge in [0.25, 0.3) is 11.5 Å². The fourth-order valence-electron chi connectivity index (χ4n) is 3.26. The molecule has 14 heteroatoms. The number of nitrogens with one attached hydrogen (secondary N) is 1. The molecule has 0 spiro atoms. The number of anilines is 1. The van der Waals surface area contributed by atoms with Crippen molar-refractivity contribution in [1.82, 2.24) is 24.9 Å². The van der Waals surface area contributed by atoms with Crippen molar-refractivity contribution in [3.8, 4) is 11.3 Å². The number of nitrogens with zero attached hydrogens (tertiary/aromatic N) is 4. The number of aryl methyl sites for hydroxylation is 2. The predicted molar refractivity (Wildman–Crippen MR) is 104 cm³/mol. The van der Waals surface area contributed by atoms with Crippen LogP contribution in [0.1, 0.15) is 28.0 Å². The number of alkyl halides is 6. The van der Waals surface area contributed by atoms with E-state index in [1.165, 1.54) is 30.0 Å². The smallest absolute Gasteiger partial charge is 0.382 e. The molecule has 0 aromatic carbocycles. The van der Waals surface area contributed by atoms with Gasteiger partial charge in [-0.2, -0.15) is 31.4 Å². The zero-order valence-electron chi connectivity index (χ0n) is 17.2. The molecule has 0 saturated carbocycles. The van der Waals surface area contributed by atoms with Crippen LogP contribution in [0.5, 0.6) is 0 Å². The molecular formula is C19H18F6N6O2. The fourth-order valence-corrected chi connectivity index (χ4v) is 3.26. The van der Waals surface area contributed by atoms with Crippen molar-refractivity contribution in [2.75, 3.05) is 12.3 Å².